The minimum atomic E-state index is -0.671. The molecule has 0 saturated carbocycles. The highest BCUT2D eigenvalue weighted by Gasteiger charge is 2.14. The summed E-state index contributed by atoms with van der Waals surface area (Å²) in [6.07, 6.45) is 2.63. The summed E-state index contributed by atoms with van der Waals surface area (Å²) in [5.41, 5.74) is 2.05. The lowest BCUT2D eigenvalue weighted by molar-refractivity contribution is 0.191. The van der Waals surface area contributed by atoms with Crippen LogP contribution in [0.15, 0.2) is 58.5 Å². The van der Waals surface area contributed by atoms with Crippen LogP contribution in [0.2, 0.25) is 0 Å². The third-order valence-corrected chi connectivity index (χ3v) is 4.43. The van der Waals surface area contributed by atoms with Gasteiger partial charge in [-0.1, -0.05) is 36.4 Å². The quantitative estimate of drug-likeness (QED) is 0.640. The Kier molecular flexibility index (Phi) is 4.43. The van der Waals surface area contributed by atoms with Crippen LogP contribution in [0.4, 0.5) is 11.6 Å². The zero-order chi connectivity index (χ0) is 18.8. The largest absolute Gasteiger partial charge is 0.493 e. The predicted octanol–water partition coefficient (Wildman–Crippen LogP) is 1.39. The zero-order valence-electron chi connectivity index (χ0n) is 14.7. The van der Waals surface area contributed by atoms with Gasteiger partial charge in [-0.2, -0.15) is 0 Å². The molecule has 0 aliphatic carbocycles. The molecule has 1 aromatic heterocycles. The fourth-order valence-electron chi connectivity index (χ4n) is 2.90. The summed E-state index contributed by atoms with van der Waals surface area (Å²) in [5, 5.41) is 25.4. The molecule has 0 amide bonds. The summed E-state index contributed by atoms with van der Waals surface area (Å²) in [7, 11) is 1.71. The maximum atomic E-state index is 10.4. The fraction of sp³-hybridized carbons (Fsp3) is 0.150. The van der Waals surface area contributed by atoms with Crippen molar-refractivity contribution in [3.8, 4) is 5.88 Å². The van der Waals surface area contributed by atoms with Crippen LogP contribution in [0.5, 0.6) is 5.88 Å². The third kappa shape index (κ3) is 3.45. The van der Waals surface area contributed by atoms with Gasteiger partial charge in [-0.05, 0) is 29.0 Å². The number of anilines is 1. The lowest BCUT2D eigenvalue weighted by Gasteiger charge is -2.12. The number of fused-ring (bicyclic) bond motifs is 1. The molecule has 1 aliphatic rings. The third-order valence-electron chi connectivity index (χ3n) is 4.43. The number of aromatic hydroxyl groups is 1. The van der Waals surface area contributed by atoms with Gasteiger partial charge in [-0.3, -0.25) is 4.57 Å². The number of aromatic nitrogens is 2. The minimum absolute atomic E-state index is 0.0420. The van der Waals surface area contributed by atoms with Gasteiger partial charge in [0.05, 0.1) is 17.1 Å². The Hall–Kier alpha value is -3.45. The van der Waals surface area contributed by atoms with Crippen molar-refractivity contribution in [3.05, 3.63) is 70.4 Å². The molecule has 0 unspecified atom stereocenters. The van der Waals surface area contributed by atoms with Gasteiger partial charge in [0.2, 0.25) is 11.8 Å². The van der Waals surface area contributed by atoms with Gasteiger partial charge in [0.15, 0.2) is 0 Å². The van der Waals surface area contributed by atoms with E-state index in [0.717, 1.165) is 21.8 Å². The van der Waals surface area contributed by atoms with Crippen molar-refractivity contribution in [1.82, 2.24) is 9.55 Å². The lowest BCUT2D eigenvalue weighted by Crippen LogP contribution is -2.14. The first-order chi connectivity index (χ1) is 13.1. The molecular weight excluding hydrogens is 342 g/mol. The molecule has 7 nitrogen and oxygen atoms in total. The second kappa shape index (κ2) is 7.05. The average molecular weight is 361 g/mol. The second-order valence-corrected chi connectivity index (χ2v) is 6.28. The topological polar surface area (TPSA) is 95.0 Å². The number of benzene rings is 2. The maximum absolute atomic E-state index is 10.4. The van der Waals surface area contributed by atoms with E-state index in [2.05, 4.69) is 20.3 Å². The van der Waals surface area contributed by atoms with Crippen LogP contribution in [-0.4, -0.2) is 32.6 Å². The monoisotopic (exact) mass is 361 g/mol. The summed E-state index contributed by atoms with van der Waals surface area (Å²) < 4.78 is 1.55. The molecule has 3 N–H and O–H groups in total. The highest BCUT2D eigenvalue weighted by atomic mass is 16.3. The first-order valence-corrected chi connectivity index (χ1v) is 8.56. The van der Waals surface area contributed by atoms with E-state index in [0.29, 0.717) is 11.6 Å². The lowest BCUT2D eigenvalue weighted by atomic mass is 10.1. The molecule has 2 aromatic carbocycles. The molecule has 0 saturated heterocycles. The van der Waals surface area contributed by atoms with E-state index in [-0.39, 0.29) is 12.4 Å². The minimum Gasteiger partial charge on any atom is -0.493 e. The Balaban J connectivity index is 1.56. The summed E-state index contributed by atoms with van der Waals surface area (Å²) >= 11 is 0. The summed E-state index contributed by atoms with van der Waals surface area (Å²) in [6.45, 7) is 0.281. The van der Waals surface area contributed by atoms with Gasteiger partial charge in [-0.25, -0.2) is 15.0 Å². The number of hydrogen-bond donors (Lipinski definition) is 3. The van der Waals surface area contributed by atoms with Gasteiger partial charge >= 0.3 is 0 Å². The van der Waals surface area contributed by atoms with E-state index in [1.165, 1.54) is 6.34 Å². The first kappa shape index (κ1) is 17.0. The molecule has 0 spiro atoms. The summed E-state index contributed by atoms with van der Waals surface area (Å²) in [4.78, 5) is 12.8. The highest BCUT2D eigenvalue weighted by Crippen LogP contribution is 2.22. The van der Waals surface area contributed by atoms with E-state index < -0.39 is 6.10 Å². The fourth-order valence-corrected chi connectivity index (χ4v) is 2.90. The van der Waals surface area contributed by atoms with Crippen molar-refractivity contribution in [1.29, 1.82) is 0 Å². The number of hydrogen-bond acceptors (Lipinski definition) is 6. The molecule has 0 fully saturated rings. The predicted molar refractivity (Wildman–Crippen MR) is 104 cm³/mol. The molecular formula is C20H19N5O2. The van der Waals surface area contributed by atoms with Crippen LogP contribution in [0.25, 0.3) is 6.08 Å². The smallest absolute Gasteiger partial charge is 0.220 e. The van der Waals surface area contributed by atoms with Crippen LogP contribution in [0, 0.1) is 0 Å². The van der Waals surface area contributed by atoms with Gasteiger partial charge in [0.1, 0.15) is 12.0 Å². The second-order valence-electron chi connectivity index (χ2n) is 6.28. The summed E-state index contributed by atoms with van der Waals surface area (Å²) in [6, 6.07) is 15.1. The van der Waals surface area contributed by atoms with Crippen molar-refractivity contribution >= 4 is 24.1 Å². The van der Waals surface area contributed by atoms with Gasteiger partial charge in [-0.15, -0.1) is 0 Å². The van der Waals surface area contributed by atoms with E-state index in [1.54, 1.807) is 17.7 Å². The van der Waals surface area contributed by atoms with Gasteiger partial charge in [0, 0.05) is 13.6 Å². The number of aliphatic imine (C=N–C) groups is 1. The molecule has 1 aliphatic heterocycles. The van der Waals surface area contributed by atoms with Crippen LogP contribution < -0.4 is 15.9 Å². The Labute approximate surface area is 155 Å². The number of rotatable bonds is 5. The molecule has 7 heteroatoms. The van der Waals surface area contributed by atoms with Crippen LogP contribution in [0.3, 0.4) is 0 Å². The molecule has 136 valence electrons. The normalized spacial score (nSPS) is 14.1. The molecule has 0 radical (unpaired) electrons. The van der Waals surface area contributed by atoms with E-state index in [1.807, 2.05) is 48.5 Å². The van der Waals surface area contributed by atoms with Gasteiger partial charge < -0.3 is 15.5 Å². The summed E-state index contributed by atoms with van der Waals surface area (Å²) in [5.74, 6) is 0.517. The van der Waals surface area contributed by atoms with Crippen molar-refractivity contribution in [3.63, 3.8) is 0 Å². The van der Waals surface area contributed by atoms with E-state index >= 15 is 0 Å². The SMILES string of the molecule is Cn1c(NC[C@H](O)c2ccccc2)nc(C=c2ccc3c(c2)N=CN=3)c1O. The van der Waals surface area contributed by atoms with Crippen molar-refractivity contribution < 1.29 is 10.2 Å². The Morgan fingerprint density at radius 3 is 2.81 bits per heavy atom. The van der Waals surface area contributed by atoms with E-state index in [9.17, 15) is 10.2 Å². The van der Waals surface area contributed by atoms with E-state index in [4.69, 9.17) is 0 Å². The molecule has 0 bridgehead atoms. The Bertz CT molecular complexity index is 1120. The van der Waals surface area contributed by atoms with Crippen molar-refractivity contribution in [2.45, 2.75) is 6.10 Å². The molecule has 2 heterocycles. The van der Waals surface area contributed by atoms with Crippen molar-refractivity contribution in [2.75, 3.05) is 11.9 Å². The number of aliphatic hydroxyl groups is 1. The standard InChI is InChI=1S/C20H19N5O2/c1-25-19(27)17(10-13-7-8-15-16(9-13)23-12-22-15)24-20(25)21-11-18(26)14-5-3-2-4-6-14/h2-10,12,18,26-27H,11H2,1H3,(H,21,24)/t18-/m0/s1. The molecule has 27 heavy (non-hydrogen) atoms. The molecule has 3 aromatic rings. The first-order valence-electron chi connectivity index (χ1n) is 8.56. The number of aliphatic hydroxyl groups excluding tert-OH is 1. The van der Waals surface area contributed by atoms with Crippen LogP contribution >= 0.6 is 0 Å². The molecule has 4 rings (SSSR count). The Morgan fingerprint density at radius 1 is 1.19 bits per heavy atom. The number of nitrogens with one attached hydrogen (secondary N) is 1. The average Bonchev–Trinajstić information content (AvgIpc) is 3.26. The number of imidazole rings is 1. The zero-order valence-corrected chi connectivity index (χ0v) is 14.7. The van der Waals surface area contributed by atoms with Crippen LogP contribution in [0.1, 0.15) is 17.4 Å². The highest BCUT2D eigenvalue weighted by molar-refractivity contribution is 5.67. The Morgan fingerprint density at radius 2 is 2.00 bits per heavy atom. The molecule has 1 atom stereocenters. The van der Waals surface area contributed by atoms with Crippen molar-refractivity contribution in [2.24, 2.45) is 17.0 Å². The van der Waals surface area contributed by atoms with Crippen LogP contribution in [-0.2, 0) is 7.05 Å². The maximum Gasteiger partial charge on any atom is 0.220 e. The van der Waals surface area contributed by atoms with Gasteiger partial charge in [0.25, 0.3) is 0 Å². The number of nitrogens with zero attached hydrogens (tertiary/aromatic N) is 4.